The van der Waals surface area contributed by atoms with E-state index in [2.05, 4.69) is 172 Å². The van der Waals surface area contributed by atoms with E-state index >= 15 is 0 Å². The van der Waals surface area contributed by atoms with E-state index in [1.165, 1.54) is 103 Å². The number of carbonyl (C=O) groups excluding carboxylic acids is 2. The normalized spacial score (nSPS) is 13.4. The molecule has 0 fully saturated rings. The zero-order chi connectivity index (χ0) is 54.8. The molecule has 0 radical (unpaired) electrons. The summed E-state index contributed by atoms with van der Waals surface area (Å²) < 4.78 is 10.7. The van der Waals surface area contributed by atoms with E-state index in [0.29, 0.717) is 12.8 Å². The number of unbranched alkanes of at least 4 members (excludes halogenated alkanes) is 21. The van der Waals surface area contributed by atoms with Crippen LogP contribution in [0.25, 0.3) is 0 Å². The Morgan fingerprint density at radius 2 is 0.566 bits per heavy atom. The fraction of sp³-hybridized carbons (Fsp3) is 0.606. The Hall–Kier alpha value is -4.48. The number of ether oxygens (including phenoxy) is 2. The zero-order valence-electron chi connectivity index (χ0n) is 49.0. The molecule has 0 saturated heterocycles. The molecule has 1 atom stereocenters. The Morgan fingerprint density at radius 1 is 0.316 bits per heavy atom. The van der Waals surface area contributed by atoms with Crippen LogP contribution in [-0.4, -0.2) is 36.4 Å². The summed E-state index contributed by atoms with van der Waals surface area (Å²) in [6.45, 7) is 3.99. The van der Waals surface area contributed by atoms with Gasteiger partial charge in [-0.25, -0.2) is 0 Å². The van der Waals surface area contributed by atoms with Crippen molar-refractivity contribution < 1.29 is 24.2 Å². The maximum atomic E-state index is 12.3. The topological polar surface area (TPSA) is 72.8 Å². The minimum absolute atomic E-state index is 0.0869. The van der Waals surface area contributed by atoms with Crippen LogP contribution >= 0.6 is 0 Å². The first kappa shape index (κ1) is 71.5. The van der Waals surface area contributed by atoms with Crippen LogP contribution in [0.5, 0.6) is 0 Å². The van der Waals surface area contributed by atoms with E-state index in [1.807, 2.05) is 0 Å². The average Bonchev–Trinajstić information content (AvgIpc) is 3.42. The van der Waals surface area contributed by atoms with Gasteiger partial charge in [0.15, 0.2) is 6.10 Å². The number of hydrogen-bond donors (Lipinski definition) is 1. The summed E-state index contributed by atoms with van der Waals surface area (Å²) in [5.74, 6) is -0.629. The lowest BCUT2D eigenvalue weighted by atomic mass is 10.0. The third kappa shape index (κ3) is 62.1. The molecule has 0 aromatic heterocycles. The Bertz CT molecular complexity index is 1660. The number of hydrogen-bond acceptors (Lipinski definition) is 5. The SMILES string of the molecule is CC/C=C\C/C=C\C/C=C\C/C=C\C/C=C\C/C=C\C/C=C\C/C=C\C/C=C\C/C=C\CCCCCCC(=O)OC(CO)COC(=O)CCCCCCCCCCCCCC/C=C\C/C=C\C/C=C\CCCCCCC. The average molecular weight is 1050 g/mol. The van der Waals surface area contributed by atoms with Crippen molar-refractivity contribution in [1.82, 2.24) is 0 Å². The van der Waals surface area contributed by atoms with Crippen LogP contribution in [0.15, 0.2) is 158 Å². The monoisotopic (exact) mass is 1050 g/mol. The van der Waals surface area contributed by atoms with Crippen molar-refractivity contribution in [3.63, 3.8) is 0 Å². The highest BCUT2D eigenvalue weighted by molar-refractivity contribution is 5.70. The number of aliphatic hydroxyl groups excluding tert-OH is 1. The summed E-state index contributed by atoms with van der Waals surface area (Å²) in [7, 11) is 0. The second-order valence-corrected chi connectivity index (χ2v) is 20.0. The Kier molecular flexibility index (Phi) is 61.0. The molecule has 0 aliphatic carbocycles. The van der Waals surface area contributed by atoms with Crippen molar-refractivity contribution in [2.75, 3.05) is 13.2 Å². The van der Waals surface area contributed by atoms with E-state index in [-0.39, 0.29) is 25.2 Å². The van der Waals surface area contributed by atoms with Crippen LogP contribution in [-0.2, 0) is 19.1 Å². The molecule has 0 saturated carbocycles. The van der Waals surface area contributed by atoms with Gasteiger partial charge in [0.05, 0.1) is 6.61 Å². The zero-order valence-corrected chi connectivity index (χ0v) is 49.0. The molecule has 0 spiro atoms. The number of esters is 2. The molecule has 0 bridgehead atoms. The van der Waals surface area contributed by atoms with Gasteiger partial charge in [0.1, 0.15) is 6.61 Å². The Balaban J connectivity index is 3.63. The largest absolute Gasteiger partial charge is 0.462 e. The Morgan fingerprint density at radius 3 is 0.855 bits per heavy atom. The molecule has 0 heterocycles. The second-order valence-electron chi connectivity index (χ2n) is 20.0. The lowest BCUT2D eigenvalue weighted by molar-refractivity contribution is -0.161. The lowest BCUT2D eigenvalue weighted by Crippen LogP contribution is -2.28. The molecular formula is C71H114O5. The van der Waals surface area contributed by atoms with Crippen molar-refractivity contribution in [3.05, 3.63) is 158 Å². The number of rotatable bonds is 55. The van der Waals surface area contributed by atoms with E-state index in [0.717, 1.165) is 128 Å². The first-order chi connectivity index (χ1) is 37.6. The minimum Gasteiger partial charge on any atom is -0.462 e. The lowest BCUT2D eigenvalue weighted by Gasteiger charge is -2.15. The van der Waals surface area contributed by atoms with E-state index < -0.39 is 6.10 Å². The van der Waals surface area contributed by atoms with Gasteiger partial charge in [-0.15, -0.1) is 0 Å². The molecule has 76 heavy (non-hydrogen) atoms. The summed E-state index contributed by atoms with van der Waals surface area (Å²) in [5.41, 5.74) is 0. The van der Waals surface area contributed by atoms with Gasteiger partial charge < -0.3 is 14.6 Å². The third-order valence-corrected chi connectivity index (χ3v) is 12.8. The Labute approximate surface area is 469 Å². The fourth-order valence-corrected chi connectivity index (χ4v) is 8.18. The molecule has 0 aliphatic heterocycles. The van der Waals surface area contributed by atoms with Crippen molar-refractivity contribution in [1.29, 1.82) is 0 Å². The summed E-state index contributed by atoms with van der Waals surface area (Å²) in [6, 6.07) is 0. The van der Waals surface area contributed by atoms with Gasteiger partial charge >= 0.3 is 11.9 Å². The first-order valence-electron chi connectivity index (χ1n) is 31.0. The standard InChI is InChI=1S/C71H114O5/c1-3-5-7-9-11-13-15-17-19-21-23-25-27-29-31-32-33-34-35-36-37-38-40-42-44-46-48-50-52-54-56-58-60-62-64-66-71(74)76-69(67-72)68-75-70(73)65-63-61-59-57-55-53-51-49-47-45-43-41-39-30-28-26-24-22-20-18-16-14-12-10-8-6-4-2/h5,7,11,13,16-19,22-25,28-31,33-34,36-37,40,42,46,48,52,54,69,72H,3-4,6,8-10,12,14-15,20-21,26-27,32,35,38-39,41,43-45,47,49-51,53,55-68H2,1-2H3/b7-5-,13-11-,18-16-,19-17-,24-22-,25-23-,30-28-,31-29-,34-33-,37-36-,42-40-,48-46-,54-52-. The van der Waals surface area contributed by atoms with Gasteiger partial charge in [0.2, 0.25) is 0 Å². The van der Waals surface area contributed by atoms with E-state index in [9.17, 15) is 14.7 Å². The van der Waals surface area contributed by atoms with Crippen LogP contribution < -0.4 is 0 Å². The summed E-state index contributed by atoms with van der Waals surface area (Å²) in [4.78, 5) is 24.6. The van der Waals surface area contributed by atoms with E-state index in [4.69, 9.17) is 9.47 Å². The summed E-state index contributed by atoms with van der Waals surface area (Å²) in [5, 5.41) is 9.67. The smallest absolute Gasteiger partial charge is 0.306 e. The van der Waals surface area contributed by atoms with Gasteiger partial charge in [-0.05, 0) is 128 Å². The van der Waals surface area contributed by atoms with Crippen molar-refractivity contribution in [2.45, 2.75) is 264 Å². The van der Waals surface area contributed by atoms with Crippen LogP contribution in [0.4, 0.5) is 0 Å². The van der Waals surface area contributed by atoms with Crippen molar-refractivity contribution in [3.8, 4) is 0 Å². The number of aliphatic hydroxyl groups is 1. The minimum atomic E-state index is -0.800. The highest BCUT2D eigenvalue weighted by atomic mass is 16.6. The molecule has 428 valence electrons. The van der Waals surface area contributed by atoms with Crippen LogP contribution in [0.2, 0.25) is 0 Å². The van der Waals surface area contributed by atoms with Gasteiger partial charge in [0, 0.05) is 12.8 Å². The van der Waals surface area contributed by atoms with Gasteiger partial charge in [0.25, 0.3) is 0 Å². The molecule has 0 aliphatic rings. The molecule has 0 aromatic rings. The van der Waals surface area contributed by atoms with Crippen LogP contribution in [0.3, 0.4) is 0 Å². The molecular weight excluding hydrogens is 933 g/mol. The molecule has 0 aromatic carbocycles. The number of carbonyl (C=O) groups is 2. The molecule has 5 heteroatoms. The quantitative estimate of drug-likeness (QED) is 0.0373. The van der Waals surface area contributed by atoms with Gasteiger partial charge in [-0.3, -0.25) is 9.59 Å². The van der Waals surface area contributed by atoms with E-state index in [1.54, 1.807) is 0 Å². The van der Waals surface area contributed by atoms with Gasteiger partial charge in [-0.2, -0.15) is 0 Å². The summed E-state index contributed by atoms with van der Waals surface area (Å²) in [6.07, 6.45) is 99.3. The van der Waals surface area contributed by atoms with Crippen molar-refractivity contribution in [2.24, 2.45) is 0 Å². The molecule has 1 unspecified atom stereocenters. The fourth-order valence-electron chi connectivity index (χ4n) is 8.18. The van der Waals surface area contributed by atoms with Crippen LogP contribution in [0.1, 0.15) is 258 Å². The first-order valence-corrected chi connectivity index (χ1v) is 31.0. The summed E-state index contributed by atoms with van der Waals surface area (Å²) >= 11 is 0. The second kappa shape index (κ2) is 64.8. The third-order valence-electron chi connectivity index (χ3n) is 12.8. The highest BCUT2D eigenvalue weighted by Crippen LogP contribution is 2.15. The molecule has 5 nitrogen and oxygen atoms in total. The predicted octanol–water partition coefficient (Wildman–Crippen LogP) is 21.5. The van der Waals surface area contributed by atoms with Gasteiger partial charge in [-0.1, -0.05) is 275 Å². The molecule has 0 rings (SSSR count). The van der Waals surface area contributed by atoms with Crippen molar-refractivity contribution >= 4 is 11.9 Å². The predicted molar refractivity (Wildman–Crippen MR) is 334 cm³/mol. The maximum absolute atomic E-state index is 12.3. The highest BCUT2D eigenvalue weighted by Gasteiger charge is 2.16. The maximum Gasteiger partial charge on any atom is 0.306 e. The van der Waals surface area contributed by atoms with Crippen LogP contribution in [0, 0.1) is 0 Å². The molecule has 0 amide bonds. The number of allylic oxidation sites excluding steroid dienone is 26. The molecule has 1 N–H and O–H groups in total.